The summed E-state index contributed by atoms with van der Waals surface area (Å²) in [4.78, 5) is 25.0. The van der Waals surface area contributed by atoms with E-state index >= 15 is 0 Å². The summed E-state index contributed by atoms with van der Waals surface area (Å²) in [6.07, 6.45) is 1.72. The van der Waals surface area contributed by atoms with Crippen molar-refractivity contribution in [2.75, 3.05) is 20.2 Å². The summed E-state index contributed by atoms with van der Waals surface area (Å²) >= 11 is 0. The van der Waals surface area contributed by atoms with E-state index in [0.717, 1.165) is 5.69 Å². The zero-order chi connectivity index (χ0) is 15.2. The Balaban J connectivity index is 2.16. The van der Waals surface area contributed by atoms with Gasteiger partial charge < -0.3 is 9.64 Å². The summed E-state index contributed by atoms with van der Waals surface area (Å²) in [6.45, 7) is 2.13. The Kier molecular flexibility index (Phi) is 4.71. The number of para-hydroxylation sites is 1. The van der Waals surface area contributed by atoms with Crippen LogP contribution in [0.4, 0.5) is 0 Å². The molecule has 1 aromatic heterocycles. The predicted molar refractivity (Wildman–Crippen MR) is 77.2 cm³/mol. The topological polar surface area (TPSA) is 64.4 Å². The van der Waals surface area contributed by atoms with Gasteiger partial charge in [0.1, 0.15) is 6.54 Å². The van der Waals surface area contributed by atoms with Gasteiger partial charge in [0.15, 0.2) is 5.69 Å². The predicted octanol–water partition coefficient (Wildman–Crippen LogP) is 1.51. The number of nitrogens with zero attached hydrogens (tertiary/aromatic N) is 3. The number of amides is 1. The molecule has 0 unspecified atom stereocenters. The van der Waals surface area contributed by atoms with Crippen LogP contribution in [0.1, 0.15) is 17.4 Å². The van der Waals surface area contributed by atoms with Crippen LogP contribution in [-0.4, -0.2) is 46.8 Å². The summed E-state index contributed by atoms with van der Waals surface area (Å²) in [5, 5.41) is 4.26. The number of rotatable bonds is 5. The molecule has 1 amide bonds. The van der Waals surface area contributed by atoms with Crippen molar-refractivity contribution in [1.82, 2.24) is 14.7 Å². The van der Waals surface area contributed by atoms with E-state index in [1.165, 1.54) is 12.0 Å². The highest BCUT2D eigenvalue weighted by atomic mass is 16.5. The number of carbonyl (C=O) groups is 2. The summed E-state index contributed by atoms with van der Waals surface area (Å²) < 4.78 is 6.21. The summed E-state index contributed by atoms with van der Waals surface area (Å²) in [5.41, 5.74) is 1.16. The molecule has 0 fully saturated rings. The molecule has 0 aliphatic carbocycles. The third-order valence-corrected chi connectivity index (χ3v) is 3.05. The molecule has 0 aliphatic heterocycles. The molecule has 0 spiro atoms. The average Bonchev–Trinajstić information content (AvgIpc) is 3.02. The molecule has 0 saturated carbocycles. The molecular weight excluding hydrogens is 270 g/mol. The number of hydrogen-bond donors (Lipinski definition) is 0. The number of aromatic nitrogens is 2. The number of benzene rings is 1. The number of esters is 1. The molecule has 0 atom stereocenters. The molecule has 1 aromatic carbocycles. The van der Waals surface area contributed by atoms with Crippen LogP contribution >= 0.6 is 0 Å². The Labute approximate surface area is 122 Å². The lowest BCUT2D eigenvalue weighted by Gasteiger charge is -2.17. The van der Waals surface area contributed by atoms with Gasteiger partial charge in [-0.1, -0.05) is 18.2 Å². The lowest BCUT2D eigenvalue weighted by molar-refractivity contribution is -0.141. The fourth-order valence-corrected chi connectivity index (χ4v) is 1.87. The number of hydrogen-bond acceptors (Lipinski definition) is 4. The van der Waals surface area contributed by atoms with Gasteiger partial charge >= 0.3 is 5.97 Å². The first-order valence-corrected chi connectivity index (χ1v) is 6.63. The molecule has 0 bridgehead atoms. The van der Waals surface area contributed by atoms with Crippen LogP contribution in [0.25, 0.3) is 5.69 Å². The van der Waals surface area contributed by atoms with Crippen LogP contribution in [-0.2, 0) is 9.53 Å². The van der Waals surface area contributed by atoms with Crippen molar-refractivity contribution in [3.8, 4) is 5.69 Å². The van der Waals surface area contributed by atoms with Crippen LogP contribution in [0.2, 0.25) is 0 Å². The van der Waals surface area contributed by atoms with Gasteiger partial charge in [-0.2, -0.15) is 5.10 Å². The third kappa shape index (κ3) is 3.47. The lowest BCUT2D eigenvalue weighted by Crippen LogP contribution is -2.36. The van der Waals surface area contributed by atoms with Gasteiger partial charge in [-0.3, -0.25) is 9.59 Å². The highest BCUT2D eigenvalue weighted by molar-refractivity contribution is 5.94. The minimum absolute atomic E-state index is 0.0793. The molecule has 2 rings (SSSR count). The largest absolute Gasteiger partial charge is 0.468 e. The van der Waals surface area contributed by atoms with Gasteiger partial charge in [0.25, 0.3) is 5.91 Å². The Morgan fingerprint density at radius 3 is 2.57 bits per heavy atom. The van der Waals surface area contributed by atoms with Crippen LogP contribution in [0, 0.1) is 0 Å². The maximum atomic E-state index is 12.3. The van der Waals surface area contributed by atoms with Crippen molar-refractivity contribution >= 4 is 11.9 Å². The van der Waals surface area contributed by atoms with Gasteiger partial charge in [0.2, 0.25) is 0 Å². The summed E-state index contributed by atoms with van der Waals surface area (Å²) in [7, 11) is 1.30. The van der Waals surface area contributed by atoms with Crippen LogP contribution in [0.5, 0.6) is 0 Å². The molecule has 1 heterocycles. The van der Waals surface area contributed by atoms with Crippen molar-refractivity contribution in [2.45, 2.75) is 6.92 Å². The smallest absolute Gasteiger partial charge is 0.325 e. The zero-order valence-corrected chi connectivity index (χ0v) is 12.0. The maximum Gasteiger partial charge on any atom is 0.325 e. The number of ether oxygens (including phenoxy) is 1. The maximum absolute atomic E-state index is 12.3. The zero-order valence-electron chi connectivity index (χ0n) is 12.0. The molecule has 0 radical (unpaired) electrons. The molecular formula is C15H17N3O3. The molecule has 21 heavy (non-hydrogen) atoms. The Bertz CT molecular complexity index is 622. The van der Waals surface area contributed by atoms with Gasteiger partial charge in [-0.25, -0.2) is 4.68 Å². The second-order valence-electron chi connectivity index (χ2n) is 4.38. The molecule has 110 valence electrons. The van der Waals surface area contributed by atoms with Crippen LogP contribution < -0.4 is 0 Å². The second kappa shape index (κ2) is 6.69. The first-order chi connectivity index (χ1) is 10.2. The van der Waals surface area contributed by atoms with E-state index < -0.39 is 5.97 Å². The lowest BCUT2D eigenvalue weighted by atomic mass is 10.3. The summed E-state index contributed by atoms with van der Waals surface area (Å²) in [5.74, 6) is -0.745. The van der Waals surface area contributed by atoms with Crippen LogP contribution in [0.15, 0.2) is 42.6 Å². The normalized spacial score (nSPS) is 10.2. The van der Waals surface area contributed by atoms with E-state index in [-0.39, 0.29) is 12.5 Å². The molecule has 2 aromatic rings. The highest BCUT2D eigenvalue weighted by Crippen LogP contribution is 2.08. The molecule has 0 aliphatic rings. The number of likely N-dealkylation sites (N-methyl/N-ethyl adjacent to an activating group) is 1. The molecule has 0 N–H and O–H groups in total. The van der Waals surface area contributed by atoms with Crippen molar-refractivity contribution in [3.63, 3.8) is 0 Å². The summed E-state index contributed by atoms with van der Waals surface area (Å²) in [6, 6.07) is 11.1. The van der Waals surface area contributed by atoms with Gasteiger partial charge in [0.05, 0.1) is 12.8 Å². The van der Waals surface area contributed by atoms with Crippen LogP contribution in [0.3, 0.4) is 0 Å². The van der Waals surface area contributed by atoms with Crippen molar-refractivity contribution < 1.29 is 14.3 Å². The van der Waals surface area contributed by atoms with E-state index in [1.807, 2.05) is 30.3 Å². The van der Waals surface area contributed by atoms with E-state index in [1.54, 1.807) is 23.9 Å². The fraction of sp³-hybridized carbons (Fsp3) is 0.267. The highest BCUT2D eigenvalue weighted by Gasteiger charge is 2.20. The minimum Gasteiger partial charge on any atom is -0.468 e. The van der Waals surface area contributed by atoms with E-state index in [2.05, 4.69) is 9.84 Å². The quantitative estimate of drug-likeness (QED) is 0.782. The van der Waals surface area contributed by atoms with E-state index in [4.69, 9.17) is 0 Å². The number of methoxy groups -OCH3 is 1. The first kappa shape index (κ1) is 14.8. The first-order valence-electron chi connectivity index (χ1n) is 6.63. The molecule has 6 nitrogen and oxygen atoms in total. The average molecular weight is 287 g/mol. The van der Waals surface area contributed by atoms with Crippen molar-refractivity contribution in [3.05, 3.63) is 48.3 Å². The van der Waals surface area contributed by atoms with Gasteiger partial charge in [0, 0.05) is 12.7 Å². The Morgan fingerprint density at radius 1 is 1.24 bits per heavy atom. The molecule has 0 saturated heterocycles. The van der Waals surface area contributed by atoms with Crippen molar-refractivity contribution in [2.24, 2.45) is 0 Å². The second-order valence-corrected chi connectivity index (χ2v) is 4.38. The SMILES string of the molecule is CCN(CC(=O)OC)C(=O)c1ccn(-c2ccccc2)n1. The molecule has 6 heteroatoms. The van der Waals surface area contributed by atoms with Crippen molar-refractivity contribution in [1.29, 1.82) is 0 Å². The fourth-order valence-electron chi connectivity index (χ4n) is 1.87. The Morgan fingerprint density at radius 2 is 1.95 bits per heavy atom. The van der Waals surface area contributed by atoms with E-state index in [9.17, 15) is 9.59 Å². The van der Waals surface area contributed by atoms with Gasteiger partial charge in [-0.15, -0.1) is 0 Å². The standard InChI is InChI=1S/C15H17N3O3/c1-3-17(11-14(19)21-2)15(20)13-9-10-18(16-13)12-7-5-4-6-8-12/h4-10H,3,11H2,1-2H3. The minimum atomic E-state index is -0.451. The third-order valence-electron chi connectivity index (χ3n) is 3.05. The van der Waals surface area contributed by atoms with Gasteiger partial charge in [-0.05, 0) is 25.1 Å². The monoisotopic (exact) mass is 287 g/mol. The number of carbonyl (C=O) groups excluding carboxylic acids is 2. The van der Waals surface area contributed by atoms with E-state index in [0.29, 0.717) is 12.2 Å². The Hall–Kier alpha value is -2.63.